The zero-order chi connectivity index (χ0) is 29.6. The number of H-pyrrole nitrogens is 1. The fourth-order valence-corrected chi connectivity index (χ4v) is 6.14. The Kier molecular flexibility index (Phi) is 9.34. The molecular formula is C32H39FN6O3. The Morgan fingerprint density at radius 1 is 1.24 bits per heavy atom. The number of piperidine rings is 1. The number of hydrogen-bond acceptors (Lipinski definition) is 5. The van der Waals surface area contributed by atoms with Crippen LogP contribution in [0.5, 0.6) is 0 Å². The number of nitrogens with zero attached hydrogens (tertiary/aromatic N) is 3. The summed E-state index contributed by atoms with van der Waals surface area (Å²) in [7, 11) is 1.68. The number of benzene rings is 2. The highest BCUT2D eigenvalue weighted by Crippen LogP contribution is 2.36. The van der Waals surface area contributed by atoms with E-state index in [0.29, 0.717) is 49.6 Å². The third kappa shape index (κ3) is 6.55. The third-order valence-corrected chi connectivity index (χ3v) is 8.12. The fraction of sp³-hybridized carbons (Fsp3) is 0.406. The quantitative estimate of drug-likeness (QED) is 0.223. The van der Waals surface area contributed by atoms with Gasteiger partial charge < -0.3 is 30.2 Å². The smallest absolute Gasteiger partial charge is 0.273 e. The average Bonchev–Trinajstić information content (AvgIpc) is 3.62. The number of aromatic amines is 1. The highest BCUT2D eigenvalue weighted by molar-refractivity contribution is 6.02. The molecule has 5 rings (SSSR count). The first kappa shape index (κ1) is 29.5. The summed E-state index contributed by atoms with van der Waals surface area (Å²) in [6.07, 6.45) is 6.33. The van der Waals surface area contributed by atoms with E-state index < -0.39 is 0 Å². The van der Waals surface area contributed by atoms with Crippen LogP contribution in [0.4, 0.5) is 10.1 Å². The molecule has 42 heavy (non-hydrogen) atoms. The number of nitrogens with two attached hydrogens (primary N) is 1. The molecule has 222 valence electrons. The number of nitrogens with one attached hydrogen (secondary N) is 2. The number of carbonyl (C=O) groups is 2. The van der Waals surface area contributed by atoms with Gasteiger partial charge in [-0.15, -0.1) is 0 Å². The van der Waals surface area contributed by atoms with Gasteiger partial charge in [-0.3, -0.25) is 9.59 Å². The number of ether oxygens (including phenoxy) is 1. The number of imidazole rings is 1. The van der Waals surface area contributed by atoms with Gasteiger partial charge in [0.1, 0.15) is 11.5 Å². The molecular weight excluding hydrogens is 535 g/mol. The fourth-order valence-electron chi connectivity index (χ4n) is 6.14. The number of carbonyl (C=O) groups excluding carboxylic acids is 2. The van der Waals surface area contributed by atoms with E-state index in [-0.39, 0.29) is 36.0 Å². The summed E-state index contributed by atoms with van der Waals surface area (Å²) < 4.78 is 22.4. The average molecular weight is 575 g/mol. The number of anilines is 1. The lowest BCUT2D eigenvalue weighted by Gasteiger charge is -2.34. The van der Waals surface area contributed by atoms with Gasteiger partial charge in [-0.2, -0.15) is 0 Å². The zero-order valence-corrected chi connectivity index (χ0v) is 24.2. The van der Waals surface area contributed by atoms with Crippen LogP contribution in [-0.4, -0.2) is 64.1 Å². The van der Waals surface area contributed by atoms with Crippen LogP contribution in [0.25, 0.3) is 10.9 Å². The van der Waals surface area contributed by atoms with E-state index in [2.05, 4.69) is 26.8 Å². The first-order valence-electron chi connectivity index (χ1n) is 14.5. The number of fused-ring (bicyclic) bond motifs is 1. The van der Waals surface area contributed by atoms with Crippen LogP contribution in [-0.2, 0) is 22.5 Å². The SMILES string of the molecule is COCCCn1c(C2CCCN(C(=O)C[C@H](N)Cc3ccc(NC(=O)c4cnc[nH]4)cc3)C2)c(C)c2cccc(F)c21. The molecule has 0 aliphatic carbocycles. The minimum Gasteiger partial charge on any atom is -0.385 e. The van der Waals surface area contributed by atoms with E-state index in [1.165, 1.54) is 18.6 Å². The van der Waals surface area contributed by atoms with E-state index in [0.717, 1.165) is 41.5 Å². The van der Waals surface area contributed by atoms with Crippen molar-refractivity contribution in [2.24, 2.45) is 5.73 Å². The molecule has 2 aromatic heterocycles. The standard InChI is InChI=1S/C32H39FN6O3/c1-21-26-7-3-8-27(33)31(26)39(14-5-15-42-2)30(21)23-6-4-13-38(19-23)29(40)17-24(34)16-22-9-11-25(12-10-22)37-32(41)28-18-35-20-36-28/h3,7-12,18,20,23-24H,4-6,13-17,19,34H2,1-2H3,(H,35,36)(H,37,41)/t23?,24-/m1/s1. The Balaban J connectivity index is 1.22. The third-order valence-electron chi connectivity index (χ3n) is 8.12. The first-order chi connectivity index (χ1) is 20.4. The molecule has 4 aromatic rings. The normalized spacial score (nSPS) is 16.1. The lowest BCUT2D eigenvalue weighted by Crippen LogP contribution is -2.42. The van der Waals surface area contributed by atoms with Gasteiger partial charge in [0.05, 0.1) is 18.0 Å². The Morgan fingerprint density at radius 2 is 2.05 bits per heavy atom. The predicted octanol–water partition coefficient (Wildman–Crippen LogP) is 4.77. The van der Waals surface area contributed by atoms with Crippen LogP contribution in [0.15, 0.2) is 55.0 Å². The summed E-state index contributed by atoms with van der Waals surface area (Å²) in [5, 5.41) is 3.75. The van der Waals surface area contributed by atoms with Gasteiger partial charge >= 0.3 is 0 Å². The van der Waals surface area contributed by atoms with Crippen molar-refractivity contribution in [3.05, 3.63) is 83.3 Å². The van der Waals surface area contributed by atoms with Gasteiger partial charge in [-0.25, -0.2) is 9.37 Å². The van der Waals surface area contributed by atoms with Crippen molar-refractivity contribution in [2.75, 3.05) is 32.1 Å². The van der Waals surface area contributed by atoms with Crippen molar-refractivity contribution < 1.29 is 18.7 Å². The van der Waals surface area contributed by atoms with E-state index in [4.69, 9.17) is 10.5 Å². The Morgan fingerprint density at radius 3 is 2.79 bits per heavy atom. The minimum atomic E-state index is -0.334. The second-order valence-electron chi connectivity index (χ2n) is 11.1. The number of aryl methyl sites for hydroxylation is 2. The summed E-state index contributed by atoms with van der Waals surface area (Å²) in [5.41, 5.74) is 11.3. The summed E-state index contributed by atoms with van der Waals surface area (Å²) in [6.45, 7) is 4.62. The second-order valence-corrected chi connectivity index (χ2v) is 11.1. The molecule has 0 radical (unpaired) electrons. The molecule has 1 saturated heterocycles. The van der Waals surface area contributed by atoms with Gasteiger partial charge in [0.25, 0.3) is 5.91 Å². The topological polar surface area (TPSA) is 118 Å². The van der Waals surface area contributed by atoms with Crippen LogP contribution < -0.4 is 11.1 Å². The number of rotatable bonds is 11. The van der Waals surface area contributed by atoms with Crippen molar-refractivity contribution in [3.63, 3.8) is 0 Å². The number of halogens is 1. The van der Waals surface area contributed by atoms with Crippen LogP contribution in [0.1, 0.15) is 58.9 Å². The minimum absolute atomic E-state index is 0.0431. The largest absolute Gasteiger partial charge is 0.385 e. The molecule has 0 saturated carbocycles. The Bertz CT molecular complexity index is 1520. The number of amides is 2. The molecule has 2 amide bonds. The molecule has 2 atom stereocenters. The van der Waals surface area contributed by atoms with Gasteiger partial charge in [0, 0.05) is 68.5 Å². The Hall–Kier alpha value is -4.02. The lowest BCUT2D eigenvalue weighted by molar-refractivity contribution is -0.132. The molecule has 0 bridgehead atoms. The predicted molar refractivity (Wildman–Crippen MR) is 161 cm³/mol. The number of methoxy groups -OCH3 is 1. The number of hydrogen-bond donors (Lipinski definition) is 3. The summed E-state index contributed by atoms with van der Waals surface area (Å²) in [5.74, 6) is -0.320. The molecule has 4 N–H and O–H groups in total. The molecule has 1 unspecified atom stereocenters. The van der Waals surface area contributed by atoms with E-state index in [1.807, 2.05) is 35.2 Å². The zero-order valence-electron chi connectivity index (χ0n) is 24.2. The van der Waals surface area contributed by atoms with Crippen LogP contribution in [0, 0.1) is 12.7 Å². The number of para-hydroxylation sites is 1. The highest BCUT2D eigenvalue weighted by Gasteiger charge is 2.30. The van der Waals surface area contributed by atoms with E-state index in [1.54, 1.807) is 13.2 Å². The summed E-state index contributed by atoms with van der Waals surface area (Å²) in [6, 6.07) is 12.4. The maximum Gasteiger partial charge on any atom is 0.273 e. The van der Waals surface area contributed by atoms with Crippen molar-refractivity contribution in [2.45, 2.75) is 57.5 Å². The monoisotopic (exact) mass is 574 g/mol. The van der Waals surface area contributed by atoms with Crippen molar-refractivity contribution in [1.82, 2.24) is 19.4 Å². The number of aromatic nitrogens is 3. The lowest BCUT2D eigenvalue weighted by atomic mass is 9.91. The van der Waals surface area contributed by atoms with E-state index in [9.17, 15) is 9.59 Å². The molecule has 3 heterocycles. The maximum atomic E-state index is 15.0. The second kappa shape index (κ2) is 13.3. The van der Waals surface area contributed by atoms with Crippen LogP contribution >= 0.6 is 0 Å². The highest BCUT2D eigenvalue weighted by atomic mass is 19.1. The van der Waals surface area contributed by atoms with Crippen LogP contribution in [0.2, 0.25) is 0 Å². The number of likely N-dealkylation sites (tertiary alicyclic amines) is 1. The molecule has 1 aliphatic rings. The molecule has 1 fully saturated rings. The van der Waals surface area contributed by atoms with E-state index >= 15 is 4.39 Å². The molecule has 0 spiro atoms. The molecule has 2 aromatic carbocycles. The van der Waals surface area contributed by atoms with Gasteiger partial charge in [0.15, 0.2) is 0 Å². The van der Waals surface area contributed by atoms with Crippen LogP contribution in [0.3, 0.4) is 0 Å². The van der Waals surface area contributed by atoms with Crippen molar-refractivity contribution in [3.8, 4) is 0 Å². The first-order valence-corrected chi connectivity index (χ1v) is 14.5. The Labute approximate surface area is 245 Å². The van der Waals surface area contributed by atoms with Crippen molar-refractivity contribution >= 4 is 28.4 Å². The van der Waals surface area contributed by atoms with Gasteiger partial charge in [-0.05, 0) is 61.9 Å². The molecule has 9 nitrogen and oxygen atoms in total. The summed E-state index contributed by atoms with van der Waals surface area (Å²) >= 11 is 0. The molecule has 1 aliphatic heterocycles. The van der Waals surface area contributed by atoms with Gasteiger partial charge in [-0.1, -0.05) is 24.3 Å². The summed E-state index contributed by atoms with van der Waals surface area (Å²) in [4.78, 5) is 34.2. The molecule has 10 heteroatoms. The van der Waals surface area contributed by atoms with Crippen molar-refractivity contribution in [1.29, 1.82) is 0 Å². The van der Waals surface area contributed by atoms with Gasteiger partial charge in [0.2, 0.25) is 5.91 Å². The maximum absolute atomic E-state index is 15.0.